The Morgan fingerprint density at radius 3 is 0.735 bits per heavy atom. The first-order valence-electron chi connectivity index (χ1n) is 30.7. The number of rotatable bonds is 57. The quantitative estimate of drug-likeness (QED) is 0.0262. The largest absolute Gasteiger partial charge is 0.462 e. The van der Waals surface area contributed by atoms with E-state index in [4.69, 9.17) is 14.2 Å². The fourth-order valence-electron chi connectivity index (χ4n) is 9.38. The number of unbranched alkanes of at least 4 members (excludes halogenated alkanes) is 44. The molecule has 0 saturated carbocycles. The van der Waals surface area contributed by atoms with E-state index < -0.39 is 6.10 Å². The maximum Gasteiger partial charge on any atom is 0.306 e. The van der Waals surface area contributed by atoms with Crippen LogP contribution >= 0.6 is 0 Å². The first-order chi connectivity index (χ1) is 33.5. The highest BCUT2D eigenvalue weighted by Crippen LogP contribution is 2.18. The van der Waals surface area contributed by atoms with Crippen molar-refractivity contribution in [2.45, 2.75) is 354 Å². The number of carbonyl (C=O) groups excluding carboxylic acids is 3. The van der Waals surface area contributed by atoms with Gasteiger partial charge >= 0.3 is 17.9 Å². The highest BCUT2D eigenvalue weighted by molar-refractivity contribution is 5.71. The Bertz CT molecular complexity index is 1060. The average molecular weight is 960 g/mol. The molecule has 0 heterocycles. The number of hydrogen-bond acceptors (Lipinski definition) is 6. The highest BCUT2D eigenvalue weighted by Gasteiger charge is 2.19. The molecule has 6 nitrogen and oxygen atoms in total. The minimum atomic E-state index is -0.768. The molecule has 0 bridgehead atoms. The molecule has 6 heteroatoms. The molecule has 0 aromatic heterocycles. The lowest BCUT2D eigenvalue weighted by molar-refractivity contribution is -0.167. The van der Waals surface area contributed by atoms with Gasteiger partial charge in [0.1, 0.15) is 13.2 Å². The Balaban J connectivity index is 4.30. The van der Waals surface area contributed by atoms with E-state index in [1.54, 1.807) is 0 Å². The molecular weight excluding hydrogens is 841 g/mol. The molecule has 0 radical (unpaired) electrons. The van der Waals surface area contributed by atoms with Gasteiger partial charge in [-0.05, 0) is 44.9 Å². The monoisotopic (exact) mass is 959 g/mol. The Morgan fingerprint density at radius 1 is 0.279 bits per heavy atom. The van der Waals surface area contributed by atoms with Crippen LogP contribution in [0.5, 0.6) is 0 Å². The van der Waals surface area contributed by atoms with E-state index in [1.165, 1.54) is 244 Å². The van der Waals surface area contributed by atoms with Crippen molar-refractivity contribution >= 4 is 17.9 Å². The van der Waals surface area contributed by atoms with E-state index in [9.17, 15) is 14.4 Å². The predicted molar refractivity (Wildman–Crippen MR) is 293 cm³/mol. The zero-order valence-electron chi connectivity index (χ0n) is 46.2. The molecule has 402 valence electrons. The van der Waals surface area contributed by atoms with E-state index in [0.29, 0.717) is 19.3 Å². The van der Waals surface area contributed by atoms with Gasteiger partial charge in [-0.15, -0.1) is 0 Å². The van der Waals surface area contributed by atoms with Crippen LogP contribution in [-0.2, 0) is 28.6 Å². The van der Waals surface area contributed by atoms with Crippen molar-refractivity contribution in [2.75, 3.05) is 13.2 Å². The fourth-order valence-corrected chi connectivity index (χ4v) is 9.38. The molecule has 0 aromatic carbocycles. The maximum absolute atomic E-state index is 12.9. The van der Waals surface area contributed by atoms with Crippen molar-refractivity contribution in [2.24, 2.45) is 0 Å². The van der Waals surface area contributed by atoms with Gasteiger partial charge in [-0.3, -0.25) is 14.4 Å². The molecule has 68 heavy (non-hydrogen) atoms. The van der Waals surface area contributed by atoms with Crippen molar-refractivity contribution in [3.63, 3.8) is 0 Å². The van der Waals surface area contributed by atoms with Crippen LogP contribution in [0.3, 0.4) is 0 Å². The maximum atomic E-state index is 12.9. The summed E-state index contributed by atoms with van der Waals surface area (Å²) in [6, 6.07) is 0. The molecule has 0 rings (SSSR count). The van der Waals surface area contributed by atoms with Gasteiger partial charge in [-0.1, -0.05) is 296 Å². The van der Waals surface area contributed by atoms with Crippen LogP contribution in [0.1, 0.15) is 348 Å². The predicted octanol–water partition coefficient (Wildman–Crippen LogP) is 20.5. The van der Waals surface area contributed by atoms with E-state index in [1.807, 2.05) is 0 Å². The van der Waals surface area contributed by atoms with E-state index >= 15 is 0 Å². The van der Waals surface area contributed by atoms with Crippen LogP contribution in [0.2, 0.25) is 0 Å². The van der Waals surface area contributed by atoms with Crippen LogP contribution in [0, 0.1) is 0 Å². The number of carbonyl (C=O) groups is 3. The molecular formula is C62H118O6. The fraction of sp³-hybridized carbons (Fsp3) is 0.919. The molecule has 0 amide bonds. The Labute approximate surface area is 424 Å². The molecule has 1 atom stereocenters. The van der Waals surface area contributed by atoms with E-state index in [-0.39, 0.29) is 31.1 Å². The molecule has 0 aliphatic heterocycles. The molecule has 0 aromatic rings. The summed E-state index contributed by atoms with van der Waals surface area (Å²) >= 11 is 0. The lowest BCUT2D eigenvalue weighted by Gasteiger charge is -2.18. The van der Waals surface area contributed by atoms with Gasteiger partial charge in [0.05, 0.1) is 0 Å². The summed E-state index contributed by atoms with van der Waals surface area (Å²) in [6.07, 6.45) is 66.3. The first kappa shape index (κ1) is 66.2. The van der Waals surface area contributed by atoms with Crippen LogP contribution in [-0.4, -0.2) is 37.2 Å². The number of allylic oxidation sites excluding steroid dienone is 2. The zero-order chi connectivity index (χ0) is 49.3. The van der Waals surface area contributed by atoms with E-state index in [2.05, 4.69) is 32.9 Å². The van der Waals surface area contributed by atoms with Gasteiger partial charge in [0.15, 0.2) is 6.10 Å². The van der Waals surface area contributed by atoms with Gasteiger partial charge in [-0.2, -0.15) is 0 Å². The second kappa shape index (κ2) is 57.7. The van der Waals surface area contributed by atoms with Crippen molar-refractivity contribution in [3.05, 3.63) is 12.2 Å². The van der Waals surface area contributed by atoms with Crippen molar-refractivity contribution in [1.29, 1.82) is 0 Å². The van der Waals surface area contributed by atoms with Crippen LogP contribution < -0.4 is 0 Å². The zero-order valence-corrected chi connectivity index (χ0v) is 46.2. The third-order valence-corrected chi connectivity index (χ3v) is 14.0. The second-order valence-corrected chi connectivity index (χ2v) is 21.0. The molecule has 0 N–H and O–H groups in total. The number of esters is 3. The standard InChI is InChI=1S/C62H118O6/c1-4-7-10-13-16-19-22-25-28-30-31-32-35-37-40-43-46-49-52-55-61(64)67-58-59(57-66-60(63)54-51-48-45-42-39-36-33-27-24-21-18-15-12-9-6-3)68-62(65)56-53-50-47-44-41-38-34-29-26-23-20-17-14-11-8-5-2/h27,33,59H,4-26,28-32,34-58H2,1-3H3/b33-27-/t59-/m1/s1. The van der Waals surface area contributed by atoms with Gasteiger partial charge in [-0.25, -0.2) is 0 Å². The molecule has 0 spiro atoms. The number of ether oxygens (including phenoxy) is 3. The minimum absolute atomic E-state index is 0.0661. The number of hydrogen-bond donors (Lipinski definition) is 0. The van der Waals surface area contributed by atoms with Gasteiger partial charge in [0.25, 0.3) is 0 Å². The minimum Gasteiger partial charge on any atom is -0.462 e. The molecule has 0 aliphatic carbocycles. The Hall–Kier alpha value is -1.85. The van der Waals surface area contributed by atoms with Gasteiger partial charge in [0.2, 0.25) is 0 Å². The molecule has 0 fully saturated rings. The molecule has 0 unspecified atom stereocenters. The van der Waals surface area contributed by atoms with Crippen molar-refractivity contribution < 1.29 is 28.6 Å². The smallest absolute Gasteiger partial charge is 0.306 e. The van der Waals surface area contributed by atoms with Crippen LogP contribution in [0.15, 0.2) is 12.2 Å². The average Bonchev–Trinajstić information content (AvgIpc) is 3.34. The van der Waals surface area contributed by atoms with Gasteiger partial charge in [0, 0.05) is 19.3 Å². The summed E-state index contributed by atoms with van der Waals surface area (Å²) in [5.41, 5.74) is 0. The van der Waals surface area contributed by atoms with Crippen molar-refractivity contribution in [3.8, 4) is 0 Å². The lowest BCUT2D eigenvalue weighted by Crippen LogP contribution is -2.30. The summed E-state index contributed by atoms with van der Waals surface area (Å²) in [5, 5.41) is 0. The Morgan fingerprint density at radius 2 is 0.485 bits per heavy atom. The van der Waals surface area contributed by atoms with E-state index in [0.717, 1.165) is 64.2 Å². The topological polar surface area (TPSA) is 78.9 Å². The molecule has 0 aliphatic rings. The normalized spacial score (nSPS) is 12.0. The summed E-state index contributed by atoms with van der Waals surface area (Å²) in [6.45, 7) is 6.70. The van der Waals surface area contributed by atoms with Gasteiger partial charge < -0.3 is 14.2 Å². The van der Waals surface area contributed by atoms with Crippen molar-refractivity contribution in [1.82, 2.24) is 0 Å². The highest BCUT2D eigenvalue weighted by atomic mass is 16.6. The van der Waals surface area contributed by atoms with Crippen LogP contribution in [0.25, 0.3) is 0 Å². The summed E-state index contributed by atoms with van der Waals surface area (Å²) in [7, 11) is 0. The third kappa shape index (κ3) is 55.1. The summed E-state index contributed by atoms with van der Waals surface area (Å²) in [4.78, 5) is 38.2. The molecule has 0 saturated heterocycles. The summed E-state index contributed by atoms with van der Waals surface area (Å²) in [5.74, 6) is -0.846. The summed E-state index contributed by atoms with van der Waals surface area (Å²) < 4.78 is 16.9. The second-order valence-electron chi connectivity index (χ2n) is 21.0. The SMILES string of the molecule is CCCCCCCC/C=C\CCCCCCCC(=O)OC[C@H](COC(=O)CCCCCCCCCCCCCCCCCCCCC)OC(=O)CCCCCCCCCCCCCCCCCC. The first-order valence-corrected chi connectivity index (χ1v) is 30.7. The Kier molecular flexibility index (Phi) is 56.2. The van der Waals surface area contributed by atoms with Crippen LogP contribution in [0.4, 0.5) is 0 Å². The third-order valence-electron chi connectivity index (χ3n) is 14.0. The lowest BCUT2D eigenvalue weighted by atomic mass is 10.0.